The molecule has 0 amide bonds. The molecular weight excluding hydrogens is 294 g/mol. The molecule has 116 valence electrons. The topological polar surface area (TPSA) is 78.7 Å². The van der Waals surface area contributed by atoms with Crippen LogP contribution in [0.5, 0.6) is 5.75 Å². The number of ether oxygens (including phenoxy) is 2. The summed E-state index contributed by atoms with van der Waals surface area (Å²) in [6, 6.07) is 4.96. The molecule has 0 aliphatic rings. The van der Waals surface area contributed by atoms with Gasteiger partial charge in [-0.05, 0) is 25.5 Å². The largest absolute Gasteiger partial charge is 0.490 e. The number of rotatable bonds is 8. The zero-order valence-electron chi connectivity index (χ0n) is 12.3. The zero-order chi connectivity index (χ0) is 15.8. The minimum atomic E-state index is -0.445. The lowest BCUT2D eigenvalue weighted by Gasteiger charge is -2.12. The number of methoxy groups -OCH3 is 1. The Labute approximate surface area is 128 Å². The van der Waals surface area contributed by atoms with Crippen LogP contribution in [0, 0.1) is 10.1 Å². The number of nitro groups is 1. The lowest BCUT2D eigenvalue weighted by molar-refractivity contribution is -0.388. The van der Waals surface area contributed by atoms with Crippen molar-refractivity contribution in [2.45, 2.75) is 36.8 Å². The quantitative estimate of drug-likeness (QED) is 0.317. The molecule has 0 aliphatic heterocycles. The van der Waals surface area contributed by atoms with E-state index in [2.05, 4.69) is 0 Å². The van der Waals surface area contributed by atoms with Crippen LogP contribution < -0.4 is 4.74 Å². The Balaban J connectivity index is 2.74. The first-order chi connectivity index (χ1) is 9.99. The van der Waals surface area contributed by atoms with Crippen LogP contribution in [0.4, 0.5) is 5.69 Å². The molecule has 0 saturated carbocycles. The van der Waals surface area contributed by atoms with Crippen molar-refractivity contribution < 1.29 is 19.2 Å². The van der Waals surface area contributed by atoms with Gasteiger partial charge in [0, 0.05) is 11.7 Å². The molecule has 0 N–H and O–H groups in total. The highest BCUT2D eigenvalue weighted by atomic mass is 32.2. The van der Waals surface area contributed by atoms with Gasteiger partial charge >= 0.3 is 11.7 Å². The van der Waals surface area contributed by atoms with Gasteiger partial charge in [0.1, 0.15) is 0 Å². The van der Waals surface area contributed by atoms with Gasteiger partial charge in [0.25, 0.3) is 0 Å². The molecule has 0 spiro atoms. The van der Waals surface area contributed by atoms with Gasteiger partial charge in [-0.2, -0.15) is 0 Å². The van der Waals surface area contributed by atoms with Crippen molar-refractivity contribution in [3.63, 3.8) is 0 Å². The van der Waals surface area contributed by atoms with Crippen LogP contribution in [0.3, 0.4) is 0 Å². The fraction of sp³-hybridized carbons (Fsp3) is 0.500. The number of hydrogen-bond donors (Lipinski definition) is 0. The molecular formula is C14H19NO5S. The zero-order valence-corrected chi connectivity index (χ0v) is 13.1. The van der Waals surface area contributed by atoms with Crippen LogP contribution in [0.25, 0.3) is 0 Å². The molecule has 0 saturated heterocycles. The van der Waals surface area contributed by atoms with E-state index in [1.807, 2.05) is 6.92 Å². The SMILES string of the molecule is CCOC(=O)CC[C@H](C)Sc1cccc(OC)c1[N+](=O)[O-]. The minimum absolute atomic E-state index is 0.0343. The summed E-state index contributed by atoms with van der Waals surface area (Å²) in [5.41, 5.74) is -0.0343. The van der Waals surface area contributed by atoms with E-state index in [1.54, 1.807) is 25.1 Å². The van der Waals surface area contributed by atoms with Gasteiger partial charge in [0.05, 0.1) is 23.5 Å². The van der Waals surface area contributed by atoms with Gasteiger partial charge in [-0.3, -0.25) is 14.9 Å². The second kappa shape index (κ2) is 8.51. The van der Waals surface area contributed by atoms with Gasteiger partial charge in [-0.15, -0.1) is 11.8 Å². The smallest absolute Gasteiger partial charge is 0.324 e. The number of nitro benzene ring substituents is 1. The van der Waals surface area contributed by atoms with Gasteiger partial charge in [-0.1, -0.05) is 13.0 Å². The summed E-state index contributed by atoms with van der Waals surface area (Å²) >= 11 is 1.36. The number of esters is 1. The molecule has 1 aromatic carbocycles. The maximum atomic E-state index is 11.3. The monoisotopic (exact) mass is 313 g/mol. The summed E-state index contributed by atoms with van der Waals surface area (Å²) < 4.78 is 9.89. The average molecular weight is 313 g/mol. The van der Waals surface area contributed by atoms with Crippen LogP contribution in [0.2, 0.25) is 0 Å². The van der Waals surface area contributed by atoms with Crippen molar-refractivity contribution in [3.8, 4) is 5.75 Å². The van der Waals surface area contributed by atoms with Crippen molar-refractivity contribution in [2.24, 2.45) is 0 Å². The van der Waals surface area contributed by atoms with Crippen molar-refractivity contribution in [3.05, 3.63) is 28.3 Å². The Morgan fingerprint density at radius 1 is 1.48 bits per heavy atom. The fourth-order valence-electron chi connectivity index (χ4n) is 1.77. The van der Waals surface area contributed by atoms with Crippen molar-refractivity contribution in [1.29, 1.82) is 0 Å². The molecule has 1 atom stereocenters. The second-order valence-corrected chi connectivity index (χ2v) is 5.82. The highest BCUT2D eigenvalue weighted by Crippen LogP contribution is 2.39. The first-order valence-corrected chi connectivity index (χ1v) is 7.51. The summed E-state index contributed by atoms with van der Waals surface area (Å²) in [6.07, 6.45) is 0.900. The van der Waals surface area contributed by atoms with Gasteiger partial charge in [-0.25, -0.2) is 0 Å². The number of thioether (sulfide) groups is 1. The van der Waals surface area contributed by atoms with Crippen LogP contribution >= 0.6 is 11.8 Å². The fourth-order valence-corrected chi connectivity index (χ4v) is 2.88. The van der Waals surface area contributed by atoms with Crippen LogP contribution in [0.1, 0.15) is 26.7 Å². The van der Waals surface area contributed by atoms with E-state index in [0.717, 1.165) is 0 Å². The molecule has 0 unspecified atom stereocenters. The summed E-state index contributed by atoms with van der Waals surface area (Å²) in [5.74, 6) is -0.00677. The van der Waals surface area contributed by atoms with E-state index in [1.165, 1.54) is 18.9 Å². The molecule has 1 rings (SSSR count). The third kappa shape index (κ3) is 5.26. The van der Waals surface area contributed by atoms with E-state index in [4.69, 9.17) is 9.47 Å². The Morgan fingerprint density at radius 2 is 2.19 bits per heavy atom. The first-order valence-electron chi connectivity index (χ1n) is 6.63. The lowest BCUT2D eigenvalue weighted by atomic mass is 10.2. The number of benzene rings is 1. The number of nitrogens with zero attached hydrogens (tertiary/aromatic N) is 1. The molecule has 21 heavy (non-hydrogen) atoms. The molecule has 0 aliphatic carbocycles. The number of carbonyl (C=O) groups excluding carboxylic acids is 1. The molecule has 6 nitrogen and oxygen atoms in total. The van der Waals surface area contributed by atoms with Crippen LogP contribution in [0.15, 0.2) is 23.1 Å². The van der Waals surface area contributed by atoms with E-state index in [9.17, 15) is 14.9 Å². The number of para-hydroxylation sites is 1. The molecule has 0 bridgehead atoms. The highest BCUT2D eigenvalue weighted by Gasteiger charge is 2.22. The number of carbonyl (C=O) groups is 1. The molecule has 0 heterocycles. The van der Waals surface area contributed by atoms with Crippen LogP contribution in [-0.4, -0.2) is 29.9 Å². The minimum Gasteiger partial charge on any atom is -0.490 e. The summed E-state index contributed by atoms with van der Waals surface area (Å²) in [7, 11) is 1.40. The molecule has 0 aromatic heterocycles. The predicted molar refractivity (Wildman–Crippen MR) is 80.8 cm³/mol. The molecule has 0 radical (unpaired) electrons. The van der Waals surface area contributed by atoms with E-state index < -0.39 is 4.92 Å². The second-order valence-electron chi connectivity index (χ2n) is 4.34. The number of hydrogen-bond acceptors (Lipinski definition) is 6. The van der Waals surface area contributed by atoms with Gasteiger partial charge in [0.15, 0.2) is 5.75 Å². The lowest BCUT2D eigenvalue weighted by Crippen LogP contribution is -2.07. The van der Waals surface area contributed by atoms with E-state index >= 15 is 0 Å². The standard InChI is InChI=1S/C14H19NO5S/c1-4-20-13(16)9-8-10(2)21-12-7-5-6-11(19-3)14(12)15(17)18/h5-7,10H,4,8-9H2,1-3H3/t10-/m0/s1. The van der Waals surface area contributed by atoms with Crippen molar-refractivity contribution in [1.82, 2.24) is 0 Å². The predicted octanol–water partition coefficient (Wildman–Crippen LogP) is 3.43. The van der Waals surface area contributed by atoms with Crippen molar-refractivity contribution in [2.75, 3.05) is 13.7 Å². The van der Waals surface area contributed by atoms with E-state index in [0.29, 0.717) is 24.3 Å². The molecule has 1 aromatic rings. The van der Waals surface area contributed by atoms with Crippen LogP contribution in [-0.2, 0) is 9.53 Å². The third-order valence-corrected chi connectivity index (χ3v) is 3.97. The maximum Gasteiger partial charge on any atom is 0.324 e. The normalized spacial score (nSPS) is 11.8. The molecule has 0 fully saturated rings. The van der Waals surface area contributed by atoms with Crippen molar-refractivity contribution >= 4 is 23.4 Å². The Kier molecular flexibility index (Phi) is 7.01. The molecule has 7 heteroatoms. The van der Waals surface area contributed by atoms with Gasteiger partial charge < -0.3 is 9.47 Å². The first kappa shape index (κ1) is 17.3. The maximum absolute atomic E-state index is 11.3. The Hall–Kier alpha value is -1.76. The average Bonchev–Trinajstić information content (AvgIpc) is 2.44. The summed E-state index contributed by atoms with van der Waals surface area (Å²) in [6.45, 7) is 4.05. The Morgan fingerprint density at radius 3 is 2.76 bits per heavy atom. The summed E-state index contributed by atoms with van der Waals surface area (Å²) in [4.78, 5) is 22.6. The van der Waals surface area contributed by atoms with Gasteiger partial charge in [0.2, 0.25) is 0 Å². The summed E-state index contributed by atoms with van der Waals surface area (Å²) in [5, 5.41) is 11.2. The van der Waals surface area contributed by atoms with E-state index in [-0.39, 0.29) is 22.7 Å². The Bertz CT molecular complexity index is 506. The highest BCUT2D eigenvalue weighted by molar-refractivity contribution is 8.00. The third-order valence-electron chi connectivity index (χ3n) is 2.75.